The first-order chi connectivity index (χ1) is 10.0. The molecule has 21 heavy (non-hydrogen) atoms. The number of non-ortho nitro benzene ring substituents is 1. The lowest BCUT2D eigenvalue weighted by molar-refractivity contribution is -0.384. The van der Waals surface area contributed by atoms with Crippen molar-refractivity contribution < 1.29 is 14.3 Å². The molecule has 1 atom stereocenters. The van der Waals surface area contributed by atoms with Gasteiger partial charge in [0.1, 0.15) is 0 Å². The Morgan fingerprint density at radius 2 is 1.81 bits per heavy atom. The van der Waals surface area contributed by atoms with E-state index in [0.717, 1.165) is 10.2 Å². The first-order valence-corrected chi connectivity index (χ1v) is 9.61. The fourth-order valence-corrected chi connectivity index (χ4v) is 6.20. The van der Waals surface area contributed by atoms with Crippen LogP contribution < -0.4 is 5.30 Å². The maximum Gasteiger partial charge on any atom is 0.269 e. The summed E-state index contributed by atoms with van der Waals surface area (Å²) in [4.78, 5) is 21.9. The molecule has 5 nitrogen and oxygen atoms in total. The molecule has 0 saturated heterocycles. The number of nitro groups is 1. The van der Waals surface area contributed by atoms with E-state index in [2.05, 4.69) is 0 Å². The van der Waals surface area contributed by atoms with Crippen LogP contribution in [0.3, 0.4) is 0 Å². The van der Waals surface area contributed by atoms with Crippen molar-refractivity contribution in [2.24, 2.45) is 0 Å². The Hall–Kier alpha value is -1.46. The highest BCUT2D eigenvalue weighted by molar-refractivity contribution is 8.22. The predicted molar refractivity (Wildman–Crippen MR) is 87.0 cm³/mol. The van der Waals surface area contributed by atoms with Crippen molar-refractivity contribution in [1.29, 1.82) is 0 Å². The van der Waals surface area contributed by atoms with Crippen molar-refractivity contribution in [3.8, 4) is 0 Å². The zero-order valence-corrected chi connectivity index (χ0v) is 13.2. The van der Waals surface area contributed by atoms with Gasteiger partial charge < -0.3 is 9.42 Å². The van der Waals surface area contributed by atoms with Crippen LogP contribution in [-0.2, 0) is 15.5 Å². The van der Waals surface area contributed by atoms with Gasteiger partial charge in [0, 0.05) is 22.3 Å². The van der Waals surface area contributed by atoms with Crippen molar-refractivity contribution in [3.63, 3.8) is 0 Å². The Kier molecular flexibility index (Phi) is 5.31. The van der Waals surface area contributed by atoms with E-state index in [9.17, 15) is 15.0 Å². The van der Waals surface area contributed by atoms with Crippen LogP contribution >= 0.6 is 6.49 Å². The van der Waals surface area contributed by atoms with Crippen LogP contribution in [0.25, 0.3) is 0 Å². The van der Waals surface area contributed by atoms with Gasteiger partial charge >= 0.3 is 0 Å². The van der Waals surface area contributed by atoms with Crippen LogP contribution in [0.5, 0.6) is 0 Å². The van der Waals surface area contributed by atoms with Crippen LogP contribution in [0.1, 0.15) is 6.92 Å². The maximum atomic E-state index is 10.9. The molecule has 0 aromatic heterocycles. The van der Waals surface area contributed by atoms with E-state index < -0.39 is 11.4 Å². The topological polar surface area (TPSA) is 72.6 Å². The molecule has 0 heterocycles. The number of nitro benzene ring substituents is 1. The first kappa shape index (κ1) is 15.9. The summed E-state index contributed by atoms with van der Waals surface area (Å²) in [6, 6.07) is 15.4. The fraction of sp³-hybridized carbons (Fsp3) is 0.143. The summed E-state index contributed by atoms with van der Waals surface area (Å²) < 4.78 is 5.62. The van der Waals surface area contributed by atoms with Crippen LogP contribution in [-0.4, -0.2) is 16.4 Å². The van der Waals surface area contributed by atoms with Crippen molar-refractivity contribution in [2.75, 3.05) is 6.61 Å². The quantitative estimate of drug-likeness (QED) is 0.384. The monoisotopic (exact) mass is 325 g/mol. The average Bonchev–Trinajstić information content (AvgIpc) is 2.49. The van der Waals surface area contributed by atoms with Gasteiger partial charge in [-0.2, -0.15) is 0 Å². The smallest absolute Gasteiger partial charge is 0.269 e. The number of benzene rings is 2. The summed E-state index contributed by atoms with van der Waals surface area (Å²) in [5.74, 6) is 0. The molecule has 0 fully saturated rings. The Morgan fingerprint density at radius 3 is 2.33 bits per heavy atom. The van der Waals surface area contributed by atoms with Gasteiger partial charge in [-0.05, 0) is 31.2 Å². The van der Waals surface area contributed by atoms with Gasteiger partial charge in [-0.15, -0.1) is 10.9 Å². The molecule has 0 saturated carbocycles. The lowest BCUT2D eigenvalue weighted by Crippen LogP contribution is -2.07. The molecule has 0 aliphatic carbocycles. The van der Waals surface area contributed by atoms with Crippen LogP contribution in [0, 0.1) is 10.1 Å². The third-order valence-corrected chi connectivity index (χ3v) is 7.65. The molecule has 1 N–H and O–H groups in total. The molecule has 0 bridgehead atoms. The summed E-state index contributed by atoms with van der Waals surface area (Å²) in [5, 5.41) is 11.4. The van der Waals surface area contributed by atoms with Crippen molar-refractivity contribution in [2.45, 2.75) is 11.8 Å². The summed E-state index contributed by atoms with van der Waals surface area (Å²) in [6.07, 6.45) is 0. The molecule has 2 aromatic carbocycles. The molecule has 0 aliphatic heterocycles. The SMILES string of the molecule is CCOP(O)(=[SH]c1ccc([N+](=O)[O-])cc1)c1ccccc1. The molecular formula is C14H16NO4PS. The normalized spacial score (nSPS) is 13.6. The number of hydrogen-bond acceptors (Lipinski definition) is 3. The molecule has 2 rings (SSSR count). The minimum atomic E-state index is -2.78. The number of nitrogens with zero attached hydrogens (tertiary/aromatic N) is 1. The van der Waals surface area contributed by atoms with E-state index in [1.165, 1.54) is 12.1 Å². The van der Waals surface area contributed by atoms with Gasteiger partial charge in [-0.1, -0.05) is 18.2 Å². The second kappa shape index (κ2) is 7.00. The summed E-state index contributed by atoms with van der Waals surface area (Å²) >= 11 is 0. The van der Waals surface area contributed by atoms with Crippen LogP contribution in [0.2, 0.25) is 0 Å². The number of thiol groups is 1. The van der Waals surface area contributed by atoms with E-state index in [1.807, 2.05) is 37.3 Å². The number of hydrogen-bond donors (Lipinski definition) is 2. The minimum Gasteiger partial charge on any atom is -0.345 e. The molecule has 0 amide bonds. The lowest BCUT2D eigenvalue weighted by Gasteiger charge is -2.19. The zero-order valence-electron chi connectivity index (χ0n) is 11.4. The van der Waals surface area contributed by atoms with E-state index in [-0.39, 0.29) is 5.69 Å². The van der Waals surface area contributed by atoms with Gasteiger partial charge in [0.05, 0.1) is 11.5 Å². The highest BCUT2D eigenvalue weighted by Crippen LogP contribution is 2.44. The molecule has 0 aliphatic rings. The zero-order chi connectivity index (χ0) is 15.3. The molecule has 112 valence electrons. The van der Waals surface area contributed by atoms with E-state index in [1.54, 1.807) is 12.1 Å². The van der Waals surface area contributed by atoms with E-state index >= 15 is 0 Å². The third kappa shape index (κ3) is 4.02. The summed E-state index contributed by atoms with van der Waals surface area (Å²) in [7, 11) is 0.628. The summed E-state index contributed by atoms with van der Waals surface area (Å²) in [6.45, 7) is -0.546. The third-order valence-electron chi connectivity index (χ3n) is 2.71. The van der Waals surface area contributed by atoms with Gasteiger partial charge in [-0.3, -0.25) is 10.1 Å². The van der Waals surface area contributed by atoms with Gasteiger partial charge in [0.15, 0.2) is 6.49 Å². The van der Waals surface area contributed by atoms with Gasteiger partial charge in [0.2, 0.25) is 0 Å². The van der Waals surface area contributed by atoms with Gasteiger partial charge in [-0.25, -0.2) is 0 Å². The maximum absolute atomic E-state index is 10.9. The van der Waals surface area contributed by atoms with Crippen molar-refractivity contribution in [1.82, 2.24) is 0 Å². The first-order valence-electron chi connectivity index (χ1n) is 6.35. The Morgan fingerprint density at radius 1 is 1.19 bits per heavy atom. The molecule has 7 heteroatoms. The van der Waals surface area contributed by atoms with Crippen LogP contribution in [0.4, 0.5) is 5.69 Å². The van der Waals surface area contributed by atoms with Crippen LogP contribution in [0.15, 0.2) is 59.5 Å². The molecule has 1 unspecified atom stereocenters. The minimum absolute atomic E-state index is 0.0342. The lowest BCUT2D eigenvalue weighted by atomic mass is 10.3. The highest BCUT2D eigenvalue weighted by Gasteiger charge is 2.17. The summed E-state index contributed by atoms with van der Waals surface area (Å²) in [5.41, 5.74) is 0.0342. The van der Waals surface area contributed by atoms with E-state index in [4.69, 9.17) is 4.52 Å². The van der Waals surface area contributed by atoms with Crippen molar-refractivity contribution >= 4 is 28.4 Å². The second-order valence-corrected chi connectivity index (χ2v) is 8.98. The fourth-order valence-electron chi connectivity index (χ4n) is 1.76. The Bertz CT molecular complexity index is 673. The van der Waals surface area contributed by atoms with Crippen molar-refractivity contribution in [3.05, 3.63) is 64.7 Å². The van der Waals surface area contributed by atoms with Gasteiger partial charge in [0.25, 0.3) is 5.69 Å². The molecule has 0 radical (unpaired) electrons. The highest BCUT2D eigenvalue weighted by atomic mass is 32.5. The standard InChI is InChI=1S/C14H16NO4PS/c1-2-19-20(18,13-6-4-3-5-7-13)21-14-10-8-12(9-11-14)15(16)17/h3-11,18,21H,2H2,1H3. The molecule has 0 spiro atoms. The average molecular weight is 325 g/mol. The Balaban J connectivity index is 2.44. The second-order valence-electron chi connectivity index (χ2n) is 4.17. The predicted octanol–water partition coefficient (Wildman–Crippen LogP) is 2.89. The number of rotatable bonds is 5. The molecule has 2 aromatic rings. The largest absolute Gasteiger partial charge is 0.345 e. The van der Waals surface area contributed by atoms with E-state index in [0.29, 0.717) is 17.5 Å². The Labute approximate surface area is 126 Å². The molecular weight excluding hydrogens is 309 g/mol.